The van der Waals surface area contributed by atoms with Crippen LogP contribution in [0.4, 0.5) is 0 Å². The predicted molar refractivity (Wildman–Crippen MR) is 102 cm³/mol. The van der Waals surface area contributed by atoms with Gasteiger partial charge in [-0.25, -0.2) is 0 Å². The summed E-state index contributed by atoms with van der Waals surface area (Å²) in [7, 11) is -11.0. The minimum atomic E-state index is -5.67. The fourth-order valence-electron chi connectivity index (χ4n) is 2.98. The van der Waals surface area contributed by atoms with Crippen LogP contribution in [0.15, 0.2) is 21.9 Å². The quantitative estimate of drug-likeness (QED) is 0.138. The van der Waals surface area contributed by atoms with Crippen molar-refractivity contribution in [3.05, 3.63) is 33.1 Å². The maximum atomic E-state index is 12.7. The van der Waals surface area contributed by atoms with Crippen molar-refractivity contribution in [2.24, 2.45) is 0 Å². The Bertz CT molecular complexity index is 1070. The fourth-order valence-corrected chi connectivity index (χ4v) is 4.47. The van der Waals surface area contributed by atoms with E-state index in [1.54, 1.807) is 0 Å². The number of aliphatic hydroxyl groups excluding tert-OH is 2. The Labute approximate surface area is 181 Å². The van der Waals surface area contributed by atoms with E-state index in [4.69, 9.17) is 24.7 Å². The van der Waals surface area contributed by atoms with E-state index in [-0.39, 0.29) is 4.57 Å². The third kappa shape index (κ3) is 5.71. The molecule has 1 aromatic heterocycles. The summed E-state index contributed by atoms with van der Waals surface area (Å²) in [6.45, 7) is -0.997. The van der Waals surface area contributed by atoms with Crippen LogP contribution in [-0.2, 0) is 23.6 Å². The van der Waals surface area contributed by atoms with Crippen molar-refractivity contribution in [2.75, 3.05) is 6.61 Å². The molecule has 9 N–H and O–H groups in total. The number of carboxylic acids is 2. The van der Waals surface area contributed by atoms with Crippen molar-refractivity contribution >= 4 is 27.5 Å². The third-order valence-electron chi connectivity index (χ3n) is 4.45. The van der Waals surface area contributed by atoms with Crippen molar-refractivity contribution in [2.45, 2.75) is 36.2 Å². The molecule has 1 aliphatic rings. The Balaban J connectivity index is 2.40. The second kappa shape index (κ2) is 9.65. The molecule has 0 saturated carbocycles. The maximum absolute atomic E-state index is 12.7. The van der Waals surface area contributed by atoms with Gasteiger partial charge in [-0.3, -0.25) is 0 Å². The Hall–Kier alpha value is -2.08. The molecule has 1 aromatic rings. The third-order valence-corrected chi connectivity index (χ3v) is 6.67. The van der Waals surface area contributed by atoms with Gasteiger partial charge in [-0.1, -0.05) is 0 Å². The van der Waals surface area contributed by atoms with Gasteiger partial charge in [-0.15, -0.1) is 0 Å². The summed E-state index contributed by atoms with van der Waals surface area (Å²) < 4.78 is 21.1. The molecule has 0 radical (unpaired) electrons. The van der Waals surface area contributed by atoms with Crippen LogP contribution in [-0.4, -0.2) is 96.7 Å². The predicted octanol–water partition coefficient (Wildman–Crippen LogP) is -4.71. The Morgan fingerprint density at radius 3 is 2.15 bits per heavy atom. The zero-order chi connectivity index (χ0) is 25.5. The summed E-state index contributed by atoms with van der Waals surface area (Å²) in [5, 5.41) is 38.3. The summed E-state index contributed by atoms with van der Waals surface area (Å²) in [5.41, 5.74) is -2.99. The van der Waals surface area contributed by atoms with Crippen LogP contribution in [0.1, 0.15) is 12.0 Å². The monoisotopic (exact) mass is 522 g/mol. The van der Waals surface area contributed by atoms with Crippen LogP contribution >= 0.6 is 15.5 Å². The number of carbonyl (C=O) groups is 2. The molecule has 33 heavy (non-hydrogen) atoms. The molecule has 6 unspecified atom stereocenters. The number of hydrogen-bond acceptors (Lipinski definition) is 12. The summed E-state index contributed by atoms with van der Waals surface area (Å²) in [5.74, 6) is -9.61. The molecule has 0 spiro atoms. The van der Waals surface area contributed by atoms with Crippen molar-refractivity contribution < 1.29 is 68.5 Å². The summed E-state index contributed by atoms with van der Waals surface area (Å²) >= 11 is 0. The van der Waals surface area contributed by atoms with Gasteiger partial charge in [0.2, 0.25) is 0 Å². The second-order valence-corrected chi connectivity index (χ2v) is 10.4. The number of aliphatic hydroxyl groups is 2. The van der Waals surface area contributed by atoms with Crippen LogP contribution in [0.2, 0.25) is 0 Å². The van der Waals surface area contributed by atoms with Gasteiger partial charge >= 0.3 is 181 Å². The average Bonchev–Trinajstić information content (AvgIpc) is 2.91. The minimum absolute atomic E-state index is 0.227. The molecule has 0 amide bonds. The molecule has 6 atom stereocenters. The molecule has 2 rings (SSSR count). The van der Waals surface area contributed by atoms with Crippen LogP contribution < -0.4 is 11.2 Å². The van der Waals surface area contributed by atoms with Crippen LogP contribution in [0.25, 0.3) is 0 Å². The van der Waals surface area contributed by atoms with E-state index in [1.807, 2.05) is 0 Å². The molecule has 1 fully saturated rings. The van der Waals surface area contributed by atoms with Crippen molar-refractivity contribution in [1.82, 2.24) is 9.13 Å². The van der Waals surface area contributed by atoms with E-state index >= 15 is 0 Å². The Kier molecular flexibility index (Phi) is 7.95. The van der Waals surface area contributed by atoms with Crippen molar-refractivity contribution in [3.63, 3.8) is 0 Å². The van der Waals surface area contributed by atoms with Crippen LogP contribution in [0.3, 0.4) is 0 Å². The van der Waals surface area contributed by atoms with Gasteiger partial charge in [0.15, 0.2) is 0 Å². The number of aromatic nitrogens is 2. The normalized spacial score (nSPS) is 26.0. The SMILES string of the molecule is O=C(O)C(OCC1OC(n2ccc(=O)n(C(C(=O)O)[PH](O)(O)O)c2=O)C(O)C1O)P(=O)(O)O. The molecule has 2 heterocycles. The van der Waals surface area contributed by atoms with E-state index in [2.05, 4.69) is 4.74 Å². The number of nitrogens with zero attached hydrogens (tertiary/aromatic N) is 2. The number of carboxylic acid groups (broad SMARTS) is 2. The summed E-state index contributed by atoms with van der Waals surface area (Å²) in [6, 6.07) is 0.554. The fraction of sp³-hybridized carbons (Fsp3) is 0.538. The Morgan fingerprint density at radius 2 is 1.70 bits per heavy atom. The molecular weight excluding hydrogens is 502 g/mol. The van der Waals surface area contributed by atoms with E-state index in [0.717, 1.165) is 0 Å². The van der Waals surface area contributed by atoms with E-state index in [0.29, 0.717) is 16.8 Å². The second-order valence-electron chi connectivity index (χ2n) is 6.80. The first kappa shape index (κ1) is 27.2. The molecule has 1 saturated heterocycles. The van der Waals surface area contributed by atoms with E-state index in [1.165, 1.54) is 0 Å². The molecular formula is C13H20N2O16P2. The van der Waals surface area contributed by atoms with Gasteiger partial charge in [0, 0.05) is 0 Å². The van der Waals surface area contributed by atoms with Crippen LogP contribution in [0, 0.1) is 0 Å². The van der Waals surface area contributed by atoms with Gasteiger partial charge in [0.25, 0.3) is 0 Å². The van der Waals surface area contributed by atoms with Crippen LogP contribution in [0.5, 0.6) is 0 Å². The Morgan fingerprint density at radius 1 is 1.12 bits per heavy atom. The average molecular weight is 522 g/mol. The van der Waals surface area contributed by atoms with E-state index < -0.39 is 81.5 Å². The van der Waals surface area contributed by atoms with Gasteiger partial charge in [-0.2, -0.15) is 0 Å². The zero-order valence-corrected chi connectivity index (χ0v) is 17.9. The van der Waals surface area contributed by atoms with Gasteiger partial charge in [-0.05, 0) is 0 Å². The van der Waals surface area contributed by atoms with Crippen molar-refractivity contribution in [1.29, 1.82) is 0 Å². The number of rotatable bonds is 9. The molecule has 1 aliphatic heterocycles. The number of aliphatic carboxylic acids is 2. The van der Waals surface area contributed by atoms with E-state index in [9.17, 15) is 48.6 Å². The molecule has 20 heteroatoms. The topological polar surface area (TPSA) is 296 Å². The summed E-state index contributed by atoms with van der Waals surface area (Å²) in [4.78, 5) is 93.1. The van der Waals surface area contributed by atoms with Gasteiger partial charge in [0.05, 0.1) is 0 Å². The molecule has 188 valence electrons. The molecule has 0 aliphatic carbocycles. The first-order chi connectivity index (χ1) is 15.0. The summed E-state index contributed by atoms with van der Waals surface area (Å²) in [6.07, 6.45) is -6.78. The number of hydrogen-bond donors (Lipinski definition) is 9. The number of ether oxygens (including phenoxy) is 2. The van der Waals surface area contributed by atoms with Gasteiger partial charge in [0.1, 0.15) is 0 Å². The molecule has 0 bridgehead atoms. The van der Waals surface area contributed by atoms with Gasteiger partial charge < -0.3 is 0 Å². The first-order valence-corrected chi connectivity index (χ1v) is 12.2. The standard InChI is InChI=1S/C13H20N2O16P2/c16-5-1-2-14(13(23)15(5)9(10(19)20)32(24,25)26)8-7(18)6(17)4(31-8)3-30-12(11(21)22)33(27,28)29/h1-2,4,6-9,12,17-18,24-26,32H,3H2,(H,19,20)(H,21,22)(H2,27,28,29). The first-order valence-electron chi connectivity index (χ1n) is 8.63. The molecule has 0 aromatic carbocycles. The van der Waals surface area contributed by atoms with Crippen molar-refractivity contribution in [3.8, 4) is 0 Å². The zero-order valence-electron chi connectivity index (χ0n) is 16.1. The molecule has 18 nitrogen and oxygen atoms in total.